The number of nitro benzene ring substituents is 1. The Morgan fingerprint density at radius 3 is 2.48 bits per heavy atom. The zero-order valence-corrected chi connectivity index (χ0v) is 19.3. The van der Waals surface area contributed by atoms with E-state index in [9.17, 15) is 18.5 Å². The lowest BCUT2D eigenvalue weighted by molar-refractivity contribution is -0.384. The second-order valence-corrected chi connectivity index (χ2v) is 10.7. The SMILES string of the molecule is O=[N+]([O-])c1cccc(-c2csc(=Nc3ccc(S(=O)(=O)N4CCOCC4)cc3)n2C2CC2)c1. The third kappa shape index (κ3) is 4.49. The summed E-state index contributed by atoms with van der Waals surface area (Å²) in [5.74, 6) is 0. The Hall–Kier alpha value is -2.86. The molecular formula is C22H22N4O5S2. The highest BCUT2D eigenvalue weighted by molar-refractivity contribution is 7.89. The lowest BCUT2D eigenvalue weighted by atomic mass is 10.1. The van der Waals surface area contributed by atoms with Gasteiger partial charge in [0.1, 0.15) is 0 Å². The van der Waals surface area contributed by atoms with Crippen molar-refractivity contribution in [1.29, 1.82) is 0 Å². The van der Waals surface area contributed by atoms with Gasteiger partial charge in [0, 0.05) is 42.2 Å². The van der Waals surface area contributed by atoms with Crippen LogP contribution >= 0.6 is 11.3 Å². The molecule has 1 aliphatic carbocycles. The van der Waals surface area contributed by atoms with Crippen LogP contribution in [-0.2, 0) is 14.8 Å². The summed E-state index contributed by atoms with van der Waals surface area (Å²) in [5, 5.41) is 13.2. The van der Waals surface area contributed by atoms with Crippen molar-refractivity contribution >= 4 is 32.7 Å². The van der Waals surface area contributed by atoms with Crippen LogP contribution in [0.5, 0.6) is 0 Å². The molecule has 2 aliphatic rings. The smallest absolute Gasteiger partial charge is 0.270 e. The van der Waals surface area contributed by atoms with Crippen LogP contribution in [-0.4, -0.2) is 48.5 Å². The van der Waals surface area contributed by atoms with Crippen molar-refractivity contribution in [2.75, 3.05) is 26.3 Å². The average molecular weight is 487 g/mol. The second-order valence-electron chi connectivity index (χ2n) is 7.93. The van der Waals surface area contributed by atoms with Crippen LogP contribution in [0.4, 0.5) is 11.4 Å². The van der Waals surface area contributed by atoms with Crippen LogP contribution < -0.4 is 4.80 Å². The maximum absolute atomic E-state index is 12.8. The van der Waals surface area contributed by atoms with Gasteiger partial charge in [0.2, 0.25) is 10.0 Å². The van der Waals surface area contributed by atoms with Crippen LogP contribution in [0, 0.1) is 10.1 Å². The molecule has 1 saturated heterocycles. The molecule has 2 heterocycles. The van der Waals surface area contributed by atoms with E-state index in [0.717, 1.165) is 28.9 Å². The minimum atomic E-state index is -3.55. The molecule has 2 fully saturated rings. The molecule has 2 aromatic carbocycles. The summed E-state index contributed by atoms with van der Waals surface area (Å²) in [6.45, 7) is 1.51. The molecule has 33 heavy (non-hydrogen) atoms. The van der Waals surface area contributed by atoms with Crippen LogP contribution in [0.3, 0.4) is 0 Å². The second kappa shape index (κ2) is 8.82. The molecule has 0 unspecified atom stereocenters. The fraction of sp³-hybridized carbons (Fsp3) is 0.318. The molecular weight excluding hydrogens is 464 g/mol. The Labute approximate surface area is 194 Å². The molecule has 11 heteroatoms. The van der Waals surface area contributed by atoms with Gasteiger partial charge in [-0.15, -0.1) is 11.3 Å². The van der Waals surface area contributed by atoms with Gasteiger partial charge in [-0.25, -0.2) is 13.4 Å². The number of rotatable bonds is 6. The number of hydrogen-bond acceptors (Lipinski definition) is 7. The number of nitrogens with zero attached hydrogens (tertiary/aromatic N) is 4. The Morgan fingerprint density at radius 2 is 1.82 bits per heavy atom. The summed E-state index contributed by atoms with van der Waals surface area (Å²) >= 11 is 1.47. The van der Waals surface area contributed by atoms with Gasteiger partial charge in [0.25, 0.3) is 5.69 Å². The number of hydrogen-bond donors (Lipinski definition) is 0. The quantitative estimate of drug-likeness (QED) is 0.390. The molecule has 172 valence electrons. The summed E-state index contributed by atoms with van der Waals surface area (Å²) < 4.78 is 34.5. The summed E-state index contributed by atoms with van der Waals surface area (Å²) in [4.78, 5) is 16.6. The lowest BCUT2D eigenvalue weighted by Crippen LogP contribution is -2.40. The van der Waals surface area contributed by atoms with Gasteiger partial charge in [-0.05, 0) is 37.1 Å². The van der Waals surface area contributed by atoms with Crippen molar-refractivity contribution in [1.82, 2.24) is 8.87 Å². The first-order chi connectivity index (χ1) is 15.9. The van der Waals surface area contributed by atoms with Crippen LogP contribution in [0.1, 0.15) is 18.9 Å². The highest BCUT2D eigenvalue weighted by Gasteiger charge is 2.28. The van der Waals surface area contributed by atoms with Crippen molar-refractivity contribution in [2.45, 2.75) is 23.8 Å². The van der Waals surface area contributed by atoms with Gasteiger partial charge in [-0.1, -0.05) is 12.1 Å². The van der Waals surface area contributed by atoms with E-state index in [0.29, 0.717) is 38.0 Å². The first-order valence-corrected chi connectivity index (χ1v) is 12.9. The van der Waals surface area contributed by atoms with Gasteiger partial charge in [-0.2, -0.15) is 4.31 Å². The first kappa shape index (κ1) is 22.0. The van der Waals surface area contributed by atoms with E-state index < -0.39 is 14.9 Å². The van der Waals surface area contributed by atoms with Gasteiger partial charge in [-0.3, -0.25) is 10.1 Å². The van der Waals surface area contributed by atoms with E-state index in [1.807, 2.05) is 11.4 Å². The standard InChI is InChI=1S/C22H22N4O5S2/c27-26(28)19-3-1-2-16(14-19)21-15-32-22(25(21)18-6-7-18)23-17-4-8-20(9-5-17)33(29,30)24-10-12-31-13-11-24/h1-5,8-9,14-15,18H,6-7,10-13H2. The van der Waals surface area contributed by atoms with Gasteiger partial charge in [0.05, 0.1) is 34.4 Å². The van der Waals surface area contributed by atoms with Gasteiger partial charge >= 0.3 is 0 Å². The Morgan fingerprint density at radius 1 is 1.09 bits per heavy atom. The maximum Gasteiger partial charge on any atom is 0.270 e. The van der Waals surface area contributed by atoms with E-state index in [1.54, 1.807) is 36.4 Å². The molecule has 5 rings (SSSR count). The number of ether oxygens (including phenoxy) is 1. The van der Waals surface area contributed by atoms with Crippen molar-refractivity contribution in [3.05, 3.63) is 68.8 Å². The van der Waals surface area contributed by atoms with E-state index in [-0.39, 0.29) is 10.6 Å². The average Bonchev–Trinajstić information content (AvgIpc) is 3.59. The summed E-state index contributed by atoms with van der Waals surface area (Å²) in [7, 11) is -3.55. The highest BCUT2D eigenvalue weighted by Crippen LogP contribution is 2.38. The maximum atomic E-state index is 12.8. The van der Waals surface area contributed by atoms with E-state index >= 15 is 0 Å². The predicted molar refractivity (Wildman–Crippen MR) is 124 cm³/mol. The normalized spacial score (nSPS) is 17.9. The Balaban J connectivity index is 1.48. The molecule has 0 atom stereocenters. The first-order valence-electron chi connectivity index (χ1n) is 10.6. The van der Waals surface area contributed by atoms with Crippen molar-refractivity contribution in [2.24, 2.45) is 4.99 Å². The lowest BCUT2D eigenvalue weighted by Gasteiger charge is -2.26. The number of benzene rings is 2. The minimum absolute atomic E-state index is 0.0524. The highest BCUT2D eigenvalue weighted by atomic mass is 32.2. The zero-order chi connectivity index (χ0) is 23.0. The molecule has 0 N–H and O–H groups in total. The largest absolute Gasteiger partial charge is 0.379 e. The fourth-order valence-electron chi connectivity index (χ4n) is 3.82. The number of non-ortho nitro benzene ring substituents is 1. The third-order valence-electron chi connectivity index (χ3n) is 5.68. The number of aromatic nitrogens is 1. The van der Waals surface area contributed by atoms with Gasteiger partial charge in [0.15, 0.2) is 4.80 Å². The van der Waals surface area contributed by atoms with Gasteiger partial charge < -0.3 is 9.30 Å². The predicted octanol–water partition coefficient (Wildman–Crippen LogP) is 3.71. The molecule has 1 saturated carbocycles. The number of morpholine rings is 1. The molecule has 0 radical (unpaired) electrons. The van der Waals surface area contributed by atoms with Crippen molar-refractivity contribution in [3.63, 3.8) is 0 Å². The van der Waals surface area contributed by atoms with Crippen molar-refractivity contribution < 1.29 is 18.1 Å². The van der Waals surface area contributed by atoms with E-state index in [2.05, 4.69) is 4.57 Å². The molecule has 0 amide bonds. The van der Waals surface area contributed by atoms with Crippen LogP contribution in [0.25, 0.3) is 11.3 Å². The van der Waals surface area contributed by atoms with Crippen LogP contribution in [0.2, 0.25) is 0 Å². The van der Waals surface area contributed by atoms with Crippen molar-refractivity contribution in [3.8, 4) is 11.3 Å². The number of thiazole rings is 1. The molecule has 0 spiro atoms. The van der Waals surface area contributed by atoms with E-state index in [1.165, 1.54) is 21.7 Å². The van der Waals surface area contributed by atoms with E-state index in [4.69, 9.17) is 9.73 Å². The summed E-state index contributed by atoms with van der Waals surface area (Å²) in [6.07, 6.45) is 2.06. The number of sulfonamides is 1. The summed E-state index contributed by atoms with van der Waals surface area (Å²) in [6, 6.07) is 13.5. The fourth-order valence-corrected chi connectivity index (χ4v) is 6.21. The molecule has 1 aromatic heterocycles. The summed E-state index contributed by atoms with van der Waals surface area (Å²) in [5.41, 5.74) is 2.38. The molecule has 9 nitrogen and oxygen atoms in total. The third-order valence-corrected chi connectivity index (χ3v) is 8.43. The minimum Gasteiger partial charge on any atom is -0.379 e. The van der Waals surface area contributed by atoms with Crippen LogP contribution in [0.15, 0.2) is 63.8 Å². The Kier molecular flexibility index (Phi) is 5.87. The zero-order valence-electron chi connectivity index (χ0n) is 17.7. The number of nitro groups is 1. The molecule has 3 aromatic rings. The molecule has 0 bridgehead atoms. The topological polar surface area (TPSA) is 107 Å². The Bertz CT molecular complexity index is 1350. The monoisotopic (exact) mass is 486 g/mol. The molecule has 1 aliphatic heterocycles.